The van der Waals surface area contributed by atoms with E-state index in [1.165, 1.54) is 6.07 Å². The van der Waals surface area contributed by atoms with E-state index in [1.54, 1.807) is 18.2 Å². The highest BCUT2D eigenvalue weighted by Crippen LogP contribution is 2.11. The van der Waals surface area contributed by atoms with Gasteiger partial charge in [-0.15, -0.1) is 0 Å². The van der Waals surface area contributed by atoms with Crippen molar-refractivity contribution in [3.05, 3.63) is 29.8 Å². The Morgan fingerprint density at radius 2 is 2.12 bits per heavy atom. The fraction of sp³-hybridized carbons (Fsp3) is 0.182. The van der Waals surface area contributed by atoms with Gasteiger partial charge in [0.25, 0.3) is 0 Å². The predicted molar refractivity (Wildman–Crippen MR) is 54.1 cm³/mol. The second kappa shape index (κ2) is 5.65. The van der Waals surface area contributed by atoms with Gasteiger partial charge in [-0.25, -0.2) is 4.79 Å². The Labute approximate surface area is 92.0 Å². The van der Waals surface area contributed by atoms with Crippen LogP contribution in [0.5, 0.6) is 5.75 Å². The van der Waals surface area contributed by atoms with Crippen LogP contribution in [0.2, 0.25) is 0 Å². The minimum Gasteiger partial charge on any atom is -0.482 e. The van der Waals surface area contributed by atoms with Gasteiger partial charge >= 0.3 is 11.9 Å². The molecule has 0 saturated carbocycles. The lowest BCUT2D eigenvalue weighted by molar-refractivity contribution is -0.159. The highest BCUT2D eigenvalue weighted by atomic mass is 16.6. The molecular weight excluding hydrogens is 212 g/mol. The fourth-order valence-corrected chi connectivity index (χ4v) is 1.01. The molecule has 1 rings (SSSR count). The first-order chi connectivity index (χ1) is 7.61. The number of rotatable bonds is 4. The number of carbonyl (C=O) groups excluding carboxylic acids is 3. The normalized spacial score (nSPS) is 9.31. The molecule has 1 aromatic carbocycles. The molecule has 0 aromatic heterocycles. The summed E-state index contributed by atoms with van der Waals surface area (Å²) in [6.45, 7) is 0.757. The zero-order valence-corrected chi connectivity index (χ0v) is 8.64. The summed E-state index contributed by atoms with van der Waals surface area (Å²) in [5.74, 6) is -1.09. The van der Waals surface area contributed by atoms with Gasteiger partial charge in [0, 0.05) is 12.5 Å². The molecule has 0 spiro atoms. The Morgan fingerprint density at radius 1 is 1.38 bits per heavy atom. The molecule has 84 valence electrons. The zero-order valence-electron chi connectivity index (χ0n) is 8.64. The first kappa shape index (κ1) is 11.9. The summed E-state index contributed by atoms with van der Waals surface area (Å²) in [6.07, 6.45) is 0.667. The van der Waals surface area contributed by atoms with Crippen LogP contribution in [-0.2, 0) is 14.3 Å². The van der Waals surface area contributed by atoms with Crippen LogP contribution in [0.25, 0.3) is 0 Å². The fourth-order valence-electron chi connectivity index (χ4n) is 1.01. The van der Waals surface area contributed by atoms with Crippen LogP contribution in [0.4, 0.5) is 0 Å². The molecule has 0 atom stereocenters. The van der Waals surface area contributed by atoms with Crippen molar-refractivity contribution in [1.29, 1.82) is 0 Å². The Balaban J connectivity index is 2.51. The molecule has 1 aromatic rings. The smallest absolute Gasteiger partial charge is 0.351 e. The van der Waals surface area contributed by atoms with Crippen LogP contribution in [0.3, 0.4) is 0 Å². The molecule has 0 saturated heterocycles. The highest BCUT2D eigenvalue weighted by molar-refractivity contribution is 5.85. The Hall–Kier alpha value is -2.17. The van der Waals surface area contributed by atoms with Crippen LogP contribution in [0.15, 0.2) is 24.3 Å². The largest absolute Gasteiger partial charge is 0.482 e. The second-order valence-electron chi connectivity index (χ2n) is 2.94. The molecule has 0 aliphatic carbocycles. The van der Waals surface area contributed by atoms with Crippen LogP contribution >= 0.6 is 0 Å². The van der Waals surface area contributed by atoms with Gasteiger partial charge in [0.1, 0.15) is 12.0 Å². The third kappa shape index (κ3) is 3.91. The molecule has 0 aliphatic heterocycles. The molecule has 0 fully saturated rings. The number of hydrogen-bond donors (Lipinski definition) is 0. The summed E-state index contributed by atoms with van der Waals surface area (Å²) < 4.78 is 9.28. The number of ether oxygens (including phenoxy) is 2. The first-order valence-electron chi connectivity index (χ1n) is 4.51. The Bertz CT molecular complexity index is 411. The maximum atomic E-state index is 10.9. The number of esters is 2. The monoisotopic (exact) mass is 222 g/mol. The molecule has 0 unspecified atom stereocenters. The molecule has 0 bridgehead atoms. The van der Waals surface area contributed by atoms with E-state index in [-0.39, 0.29) is 6.61 Å². The van der Waals surface area contributed by atoms with Gasteiger partial charge in [-0.1, -0.05) is 12.1 Å². The molecule has 0 heterocycles. The van der Waals surface area contributed by atoms with Crippen molar-refractivity contribution in [2.45, 2.75) is 6.92 Å². The van der Waals surface area contributed by atoms with Crippen LogP contribution in [-0.4, -0.2) is 24.8 Å². The van der Waals surface area contributed by atoms with Gasteiger partial charge in [0.05, 0.1) is 0 Å². The summed E-state index contributed by atoms with van der Waals surface area (Å²) in [5.41, 5.74) is 0.442. The van der Waals surface area contributed by atoms with Gasteiger partial charge in [-0.2, -0.15) is 0 Å². The van der Waals surface area contributed by atoms with Crippen molar-refractivity contribution >= 4 is 18.2 Å². The Kier molecular flexibility index (Phi) is 4.20. The van der Waals surface area contributed by atoms with Crippen LogP contribution < -0.4 is 4.74 Å². The lowest BCUT2D eigenvalue weighted by Gasteiger charge is -2.04. The topological polar surface area (TPSA) is 69.7 Å². The van der Waals surface area contributed by atoms with Crippen LogP contribution in [0, 0.1) is 0 Å². The van der Waals surface area contributed by atoms with E-state index in [2.05, 4.69) is 4.74 Å². The minimum absolute atomic E-state index is 0.366. The van der Waals surface area contributed by atoms with Crippen molar-refractivity contribution in [3.63, 3.8) is 0 Å². The maximum Gasteiger partial charge on any atom is 0.351 e. The Morgan fingerprint density at radius 3 is 2.75 bits per heavy atom. The van der Waals surface area contributed by atoms with E-state index in [9.17, 15) is 14.4 Å². The van der Waals surface area contributed by atoms with Crippen molar-refractivity contribution in [2.75, 3.05) is 6.61 Å². The third-order valence-electron chi connectivity index (χ3n) is 1.61. The van der Waals surface area contributed by atoms with Crippen molar-refractivity contribution in [2.24, 2.45) is 0 Å². The van der Waals surface area contributed by atoms with E-state index in [0.717, 1.165) is 6.92 Å². The van der Waals surface area contributed by atoms with E-state index in [0.29, 0.717) is 17.6 Å². The predicted octanol–water partition coefficient (Wildman–Crippen LogP) is 0.968. The van der Waals surface area contributed by atoms with Crippen molar-refractivity contribution < 1.29 is 23.9 Å². The first-order valence-corrected chi connectivity index (χ1v) is 4.51. The van der Waals surface area contributed by atoms with Crippen molar-refractivity contribution in [1.82, 2.24) is 0 Å². The standard InChI is InChI=1S/C11H10O5/c1-8(13)16-11(14)7-15-10-4-2-3-9(5-10)6-12/h2-6H,7H2,1H3. The average Bonchev–Trinajstić information content (AvgIpc) is 2.26. The van der Waals surface area contributed by atoms with Crippen LogP contribution in [0.1, 0.15) is 17.3 Å². The lowest BCUT2D eigenvalue weighted by atomic mass is 10.2. The van der Waals surface area contributed by atoms with Gasteiger partial charge in [0.15, 0.2) is 6.61 Å². The molecule has 0 N–H and O–H groups in total. The lowest BCUT2D eigenvalue weighted by Crippen LogP contribution is -2.17. The van der Waals surface area contributed by atoms with Gasteiger partial charge in [0.2, 0.25) is 0 Å². The molecule has 5 heteroatoms. The SMILES string of the molecule is CC(=O)OC(=O)COc1cccc(C=O)c1. The van der Waals surface area contributed by atoms with Gasteiger partial charge in [-0.05, 0) is 12.1 Å². The third-order valence-corrected chi connectivity index (χ3v) is 1.61. The second-order valence-corrected chi connectivity index (χ2v) is 2.94. The minimum atomic E-state index is -0.774. The van der Waals surface area contributed by atoms with Gasteiger partial charge in [-0.3, -0.25) is 9.59 Å². The number of carbonyl (C=O) groups is 3. The molecule has 16 heavy (non-hydrogen) atoms. The highest BCUT2D eigenvalue weighted by Gasteiger charge is 2.07. The number of aldehydes is 1. The zero-order chi connectivity index (χ0) is 12.0. The van der Waals surface area contributed by atoms with Gasteiger partial charge < -0.3 is 9.47 Å². The molecule has 0 amide bonds. The van der Waals surface area contributed by atoms with E-state index in [4.69, 9.17) is 4.74 Å². The van der Waals surface area contributed by atoms with E-state index in [1.807, 2.05) is 0 Å². The molecular formula is C11H10O5. The molecule has 0 radical (unpaired) electrons. The summed E-state index contributed by atoms with van der Waals surface area (Å²) in [7, 11) is 0. The summed E-state index contributed by atoms with van der Waals surface area (Å²) in [4.78, 5) is 31.8. The maximum absolute atomic E-state index is 10.9. The summed E-state index contributed by atoms with van der Waals surface area (Å²) in [6, 6.07) is 6.30. The number of benzene rings is 1. The van der Waals surface area contributed by atoms with E-state index >= 15 is 0 Å². The molecule has 0 aliphatic rings. The van der Waals surface area contributed by atoms with E-state index < -0.39 is 11.9 Å². The summed E-state index contributed by atoms with van der Waals surface area (Å²) in [5, 5.41) is 0. The van der Waals surface area contributed by atoms with Crippen molar-refractivity contribution in [3.8, 4) is 5.75 Å². The quantitative estimate of drug-likeness (QED) is 0.431. The summed E-state index contributed by atoms with van der Waals surface area (Å²) >= 11 is 0. The average molecular weight is 222 g/mol. The number of hydrogen-bond acceptors (Lipinski definition) is 5. The molecule has 5 nitrogen and oxygen atoms in total.